The van der Waals surface area contributed by atoms with E-state index in [9.17, 15) is 14.7 Å². The lowest BCUT2D eigenvalue weighted by Crippen LogP contribution is -2.23. The number of anilines is 1. The predicted molar refractivity (Wildman–Crippen MR) is 103 cm³/mol. The van der Waals surface area contributed by atoms with E-state index in [0.29, 0.717) is 22.7 Å². The van der Waals surface area contributed by atoms with Crippen LogP contribution < -0.4 is 20.3 Å². The number of methoxy groups -OCH3 is 2. The normalized spacial score (nSPS) is 10.7. The van der Waals surface area contributed by atoms with Crippen molar-refractivity contribution < 1.29 is 19.4 Å². The van der Waals surface area contributed by atoms with Crippen molar-refractivity contribution in [2.75, 3.05) is 19.5 Å². The standard InChI is InChI=1S/C20H20N2O5/c1-10-5-6-13(11(2)7-10)21-19(24)17-18(23)12-8-15(26-3)16(27-4)9-14(12)22-20(17)25/h5-9H,1-4H3,(H,21,24)(H2,22,23,25). The second-order valence-corrected chi connectivity index (χ2v) is 6.20. The van der Waals surface area contributed by atoms with Gasteiger partial charge in [0.05, 0.1) is 19.7 Å². The molecule has 3 N–H and O–H groups in total. The summed E-state index contributed by atoms with van der Waals surface area (Å²) in [7, 11) is 2.92. The quantitative estimate of drug-likeness (QED) is 0.657. The average molecular weight is 368 g/mol. The fourth-order valence-corrected chi connectivity index (χ4v) is 2.95. The Morgan fingerprint density at radius 2 is 1.74 bits per heavy atom. The molecule has 140 valence electrons. The molecule has 27 heavy (non-hydrogen) atoms. The smallest absolute Gasteiger partial charge is 0.265 e. The van der Waals surface area contributed by atoms with Crippen LogP contribution in [0.2, 0.25) is 0 Å². The van der Waals surface area contributed by atoms with Gasteiger partial charge < -0.3 is 24.9 Å². The van der Waals surface area contributed by atoms with Crippen LogP contribution in [0.1, 0.15) is 21.5 Å². The molecule has 1 amide bonds. The van der Waals surface area contributed by atoms with E-state index in [-0.39, 0.29) is 10.9 Å². The van der Waals surface area contributed by atoms with E-state index in [0.717, 1.165) is 11.1 Å². The Labute approximate surface area is 155 Å². The molecule has 7 heteroatoms. The number of aromatic amines is 1. The minimum atomic E-state index is -0.700. The van der Waals surface area contributed by atoms with Crippen LogP contribution in [0.4, 0.5) is 5.69 Å². The molecule has 3 rings (SSSR count). The monoisotopic (exact) mass is 368 g/mol. The van der Waals surface area contributed by atoms with Crippen LogP contribution in [-0.2, 0) is 0 Å². The number of hydrogen-bond acceptors (Lipinski definition) is 5. The first-order valence-electron chi connectivity index (χ1n) is 8.25. The number of fused-ring (bicyclic) bond motifs is 1. The van der Waals surface area contributed by atoms with E-state index in [1.807, 2.05) is 26.0 Å². The highest BCUT2D eigenvalue weighted by atomic mass is 16.5. The number of pyridine rings is 1. The molecule has 1 aromatic heterocycles. The Kier molecular flexibility index (Phi) is 4.77. The maximum Gasteiger partial charge on any atom is 0.265 e. The van der Waals surface area contributed by atoms with Gasteiger partial charge in [0, 0.05) is 17.1 Å². The molecule has 0 aliphatic carbocycles. The van der Waals surface area contributed by atoms with E-state index in [2.05, 4.69) is 10.3 Å². The van der Waals surface area contributed by atoms with Crippen molar-refractivity contribution in [1.29, 1.82) is 0 Å². The van der Waals surface area contributed by atoms with Gasteiger partial charge in [0.15, 0.2) is 11.5 Å². The lowest BCUT2D eigenvalue weighted by molar-refractivity contribution is 0.102. The molecule has 0 fully saturated rings. The highest BCUT2D eigenvalue weighted by molar-refractivity contribution is 6.09. The van der Waals surface area contributed by atoms with Crippen molar-refractivity contribution in [3.05, 3.63) is 57.4 Å². The Balaban J connectivity index is 2.10. The van der Waals surface area contributed by atoms with Gasteiger partial charge in [-0.25, -0.2) is 0 Å². The summed E-state index contributed by atoms with van der Waals surface area (Å²) in [6.45, 7) is 3.80. The molecule has 0 spiro atoms. The maximum atomic E-state index is 12.7. The second kappa shape index (κ2) is 7.03. The van der Waals surface area contributed by atoms with Crippen LogP contribution in [-0.4, -0.2) is 30.2 Å². The Morgan fingerprint density at radius 3 is 2.37 bits per heavy atom. The van der Waals surface area contributed by atoms with Crippen LogP contribution in [0.5, 0.6) is 17.2 Å². The average Bonchev–Trinajstić information content (AvgIpc) is 2.63. The Bertz CT molecular complexity index is 1100. The summed E-state index contributed by atoms with van der Waals surface area (Å²) in [6.07, 6.45) is 0. The van der Waals surface area contributed by atoms with Gasteiger partial charge in [0.1, 0.15) is 11.3 Å². The largest absolute Gasteiger partial charge is 0.506 e. The third kappa shape index (κ3) is 3.31. The molecule has 1 heterocycles. The minimum Gasteiger partial charge on any atom is -0.506 e. The number of carbonyl (C=O) groups is 1. The highest BCUT2D eigenvalue weighted by Crippen LogP contribution is 2.35. The number of H-pyrrole nitrogens is 1. The summed E-state index contributed by atoms with van der Waals surface area (Å²) < 4.78 is 10.4. The molecule has 3 aromatic rings. The first-order chi connectivity index (χ1) is 12.8. The first kappa shape index (κ1) is 18.3. The van der Waals surface area contributed by atoms with Gasteiger partial charge in [0.25, 0.3) is 11.5 Å². The number of aryl methyl sites for hydroxylation is 2. The molecular weight excluding hydrogens is 348 g/mol. The molecule has 7 nitrogen and oxygen atoms in total. The van der Waals surface area contributed by atoms with E-state index >= 15 is 0 Å². The highest BCUT2D eigenvalue weighted by Gasteiger charge is 2.21. The molecule has 0 aliphatic rings. The van der Waals surface area contributed by atoms with Crippen molar-refractivity contribution in [1.82, 2.24) is 4.98 Å². The number of ether oxygens (including phenoxy) is 2. The van der Waals surface area contributed by atoms with E-state index in [1.54, 1.807) is 6.07 Å². The van der Waals surface area contributed by atoms with Gasteiger partial charge in [-0.05, 0) is 31.5 Å². The van der Waals surface area contributed by atoms with Crippen LogP contribution in [0.3, 0.4) is 0 Å². The van der Waals surface area contributed by atoms with Crippen LogP contribution in [0, 0.1) is 13.8 Å². The van der Waals surface area contributed by atoms with Crippen molar-refractivity contribution in [2.24, 2.45) is 0 Å². The number of hydrogen-bond donors (Lipinski definition) is 3. The first-order valence-corrected chi connectivity index (χ1v) is 8.25. The zero-order chi connectivity index (χ0) is 19.7. The van der Waals surface area contributed by atoms with Crippen molar-refractivity contribution in [3.63, 3.8) is 0 Å². The van der Waals surface area contributed by atoms with Crippen LogP contribution in [0.25, 0.3) is 10.9 Å². The molecule has 0 aliphatic heterocycles. The van der Waals surface area contributed by atoms with Gasteiger partial charge in [0.2, 0.25) is 0 Å². The molecule has 2 aromatic carbocycles. The van der Waals surface area contributed by atoms with Gasteiger partial charge in [-0.15, -0.1) is 0 Å². The third-order valence-corrected chi connectivity index (χ3v) is 4.35. The van der Waals surface area contributed by atoms with Crippen molar-refractivity contribution in [2.45, 2.75) is 13.8 Å². The minimum absolute atomic E-state index is 0.276. The zero-order valence-corrected chi connectivity index (χ0v) is 15.5. The Hall–Kier alpha value is -3.48. The summed E-state index contributed by atoms with van der Waals surface area (Å²) >= 11 is 0. The Morgan fingerprint density at radius 1 is 1.07 bits per heavy atom. The number of carbonyl (C=O) groups excluding carboxylic acids is 1. The van der Waals surface area contributed by atoms with E-state index < -0.39 is 17.2 Å². The fraction of sp³-hybridized carbons (Fsp3) is 0.200. The maximum absolute atomic E-state index is 12.7. The number of benzene rings is 2. The van der Waals surface area contributed by atoms with E-state index in [1.165, 1.54) is 26.4 Å². The summed E-state index contributed by atoms with van der Waals surface area (Å²) in [4.78, 5) is 27.7. The van der Waals surface area contributed by atoms with Crippen LogP contribution >= 0.6 is 0 Å². The summed E-state index contributed by atoms with van der Waals surface area (Å²) in [5.41, 5.74) is 1.74. The molecule has 0 bridgehead atoms. The zero-order valence-electron chi connectivity index (χ0n) is 15.5. The topological polar surface area (TPSA) is 101 Å². The number of aromatic nitrogens is 1. The van der Waals surface area contributed by atoms with Gasteiger partial charge in [-0.2, -0.15) is 0 Å². The lowest BCUT2D eigenvalue weighted by Gasteiger charge is -2.13. The second-order valence-electron chi connectivity index (χ2n) is 6.20. The van der Waals surface area contributed by atoms with Crippen molar-refractivity contribution >= 4 is 22.5 Å². The molecule has 0 atom stereocenters. The number of rotatable bonds is 4. The number of aromatic hydroxyl groups is 1. The predicted octanol–water partition coefficient (Wildman–Crippen LogP) is 3.12. The van der Waals surface area contributed by atoms with E-state index in [4.69, 9.17) is 9.47 Å². The summed E-state index contributed by atoms with van der Waals surface area (Å²) in [5.74, 6) is -0.352. The summed E-state index contributed by atoms with van der Waals surface area (Å²) in [6, 6.07) is 8.55. The van der Waals surface area contributed by atoms with Crippen molar-refractivity contribution in [3.8, 4) is 17.2 Å². The lowest BCUT2D eigenvalue weighted by atomic mass is 10.1. The SMILES string of the molecule is COc1cc2[nH]c(=O)c(C(=O)Nc3ccc(C)cc3C)c(O)c2cc1OC. The fourth-order valence-electron chi connectivity index (χ4n) is 2.95. The van der Waals surface area contributed by atoms with Gasteiger partial charge in [-0.1, -0.05) is 17.7 Å². The van der Waals surface area contributed by atoms with Gasteiger partial charge in [-0.3, -0.25) is 9.59 Å². The van der Waals surface area contributed by atoms with Gasteiger partial charge >= 0.3 is 0 Å². The number of amides is 1. The summed E-state index contributed by atoms with van der Waals surface area (Å²) in [5, 5.41) is 13.6. The molecule has 0 saturated carbocycles. The third-order valence-electron chi connectivity index (χ3n) is 4.35. The van der Waals surface area contributed by atoms with Crippen LogP contribution in [0.15, 0.2) is 35.1 Å². The number of nitrogens with one attached hydrogen (secondary N) is 2. The molecular formula is C20H20N2O5. The molecule has 0 radical (unpaired) electrons. The molecule has 0 unspecified atom stereocenters. The molecule has 0 saturated heterocycles.